The summed E-state index contributed by atoms with van der Waals surface area (Å²) in [6.07, 6.45) is -18.8. The number of halogens is 6. The van der Waals surface area contributed by atoms with Crippen molar-refractivity contribution in [3.05, 3.63) is 0 Å². The van der Waals surface area contributed by atoms with Gasteiger partial charge in [-0.1, -0.05) is 0 Å². The summed E-state index contributed by atoms with van der Waals surface area (Å²) >= 11 is 0. The molecule has 0 aliphatic heterocycles. The molecule has 0 saturated heterocycles. The summed E-state index contributed by atoms with van der Waals surface area (Å²) in [5.41, 5.74) is 0. The molecule has 0 aromatic carbocycles. The molecule has 0 bridgehead atoms. The zero-order chi connectivity index (χ0) is 30.9. The summed E-state index contributed by atoms with van der Waals surface area (Å²) in [6, 6.07) is 0. The van der Waals surface area contributed by atoms with Crippen molar-refractivity contribution in [2.45, 2.75) is 61.9 Å². The zero-order valence-electron chi connectivity index (χ0n) is 22.1. The van der Waals surface area contributed by atoms with Crippen molar-refractivity contribution in [2.75, 3.05) is 79.3 Å². The first-order valence-corrected chi connectivity index (χ1v) is 12.5. The van der Waals surface area contributed by atoms with Crippen LogP contribution in [0.4, 0.5) is 26.3 Å². The van der Waals surface area contributed by atoms with Gasteiger partial charge in [-0.2, -0.15) is 17.6 Å². The van der Waals surface area contributed by atoms with E-state index < -0.39 is 76.0 Å². The van der Waals surface area contributed by atoms with E-state index in [0.29, 0.717) is 12.8 Å². The molecule has 0 aromatic rings. The molecule has 1 rings (SSSR count). The molecule has 0 radical (unpaired) electrons. The average molecular weight is 625 g/mol. The van der Waals surface area contributed by atoms with Crippen molar-refractivity contribution in [3.63, 3.8) is 0 Å². The highest BCUT2D eigenvalue weighted by molar-refractivity contribution is 4.87. The van der Waals surface area contributed by atoms with Crippen LogP contribution in [0, 0.1) is 0 Å². The number of rotatable bonds is 27. The summed E-state index contributed by atoms with van der Waals surface area (Å²) in [4.78, 5) is 0. The first kappa shape index (κ1) is 38.1. The van der Waals surface area contributed by atoms with Crippen LogP contribution in [-0.2, 0) is 37.9 Å². The quantitative estimate of drug-likeness (QED) is 0.0448. The number of hydrogen-bond acceptors (Lipinski definition) is 13. The van der Waals surface area contributed by atoms with E-state index in [1.807, 2.05) is 0 Å². The zero-order valence-corrected chi connectivity index (χ0v) is 22.1. The van der Waals surface area contributed by atoms with Crippen LogP contribution in [0.1, 0.15) is 12.8 Å². The van der Waals surface area contributed by atoms with Crippen molar-refractivity contribution in [1.82, 2.24) is 0 Å². The van der Waals surface area contributed by atoms with Gasteiger partial charge in [0, 0.05) is 19.6 Å². The molecule has 0 aromatic heterocycles. The number of hydrogen-bond donors (Lipinski definition) is 5. The lowest BCUT2D eigenvalue weighted by Gasteiger charge is -2.26. The van der Waals surface area contributed by atoms with Gasteiger partial charge >= 0.3 is 18.5 Å². The first-order valence-electron chi connectivity index (χ1n) is 12.5. The van der Waals surface area contributed by atoms with Crippen molar-refractivity contribution in [2.24, 2.45) is 0 Å². The standard InChI is InChI=1S/C22H38F6O13/c23-20(24,13-36-5-4-35-8-17(32)12-39-19-6-18(19)33)40-22(27,28)41-21(25,26)14-38-11-16(31)10-37-9-15(30)7-34-3-1-2-29/h15-19,29-33H,1-14H2. The van der Waals surface area contributed by atoms with Crippen molar-refractivity contribution < 1.29 is 89.8 Å². The molecule has 5 unspecified atom stereocenters. The van der Waals surface area contributed by atoms with Gasteiger partial charge in [0.25, 0.3) is 0 Å². The van der Waals surface area contributed by atoms with E-state index >= 15 is 0 Å². The third kappa shape index (κ3) is 20.6. The van der Waals surface area contributed by atoms with Gasteiger partial charge in [-0.3, -0.25) is 0 Å². The monoisotopic (exact) mass is 624 g/mol. The van der Waals surface area contributed by atoms with Gasteiger partial charge in [0.2, 0.25) is 0 Å². The van der Waals surface area contributed by atoms with Crippen LogP contribution in [-0.4, -0.2) is 154 Å². The molecule has 0 heterocycles. The fourth-order valence-corrected chi connectivity index (χ4v) is 2.71. The van der Waals surface area contributed by atoms with Gasteiger partial charge in [-0.05, 0) is 6.42 Å². The highest BCUT2D eigenvalue weighted by Crippen LogP contribution is 2.33. The highest BCUT2D eigenvalue weighted by atomic mass is 19.3. The molecule has 5 atom stereocenters. The molecule has 1 fully saturated rings. The maximum absolute atomic E-state index is 13.6. The lowest BCUT2D eigenvalue weighted by Crippen LogP contribution is -2.44. The highest BCUT2D eigenvalue weighted by Gasteiger charge is 2.52. The average Bonchev–Trinajstić information content (AvgIpc) is 3.55. The molecule has 5 N–H and O–H groups in total. The third-order valence-electron chi connectivity index (χ3n) is 4.65. The van der Waals surface area contributed by atoms with E-state index in [-0.39, 0.29) is 52.4 Å². The number of aliphatic hydroxyl groups is 5. The van der Waals surface area contributed by atoms with Crippen molar-refractivity contribution in [3.8, 4) is 0 Å². The molecule has 19 heteroatoms. The minimum absolute atomic E-state index is 0.0919. The molecule has 13 nitrogen and oxygen atoms in total. The lowest BCUT2D eigenvalue weighted by molar-refractivity contribution is -0.518. The van der Waals surface area contributed by atoms with Crippen molar-refractivity contribution >= 4 is 0 Å². The minimum atomic E-state index is -5.47. The molecule has 1 saturated carbocycles. The molecule has 1 aliphatic carbocycles. The molecule has 0 amide bonds. The number of aliphatic hydroxyl groups excluding tert-OH is 5. The van der Waals surface area contributed by atoms with Crippen LogP contribution in [0.15, 0.2) is 0 Å². The van der Waals surface area contributed by atoms with E-state index in [0.717, 1.165) is 0 Å². The topological polar surface area (TPSA) is 175 Å². The SMILES string of the molecule is OCCCOCC(O)COCC(O)COCC(F)(F)OC(F)(F)OC(F)(F)COCCOCC(O)COC1CC1O. The second kappa shape index (κ2) is 19.4. The van der Waals surface area contributed by atoms with Gasteiger partial charge in [0.05, 0.1) is 65.1 Å². The summed E-state index contributed by atoms with van der Waals surface area (Å²) in [5, 5.41) is 46.4. The molecular weight excluding hydrogens is 586 g/mol. The first-order chi connectivity index (χ1) is 19.1. The van der Waals surface area contributed by atoms with E-state index in [1.54, 1.807) is 0 Å². The Kier molecular flexibility index (Phi) is 18.0. The molecule has 1 aliphatic rings. The Labute approximate surface area is 231 Å². The van der Waals surface area contributed by atoms with Crippen LogP contribution in [0.3, 0.4) is 0 Å². The van der Waals surface area contributed by atoms with Crippen LogP contribution in [0.2, 0.25) is 0 Å². The Morgan fingerprint density at radius 2 is 1.07 bits per heavy atom. The number of ether oxygens (including phenoxy) is 8. The van der Waals surface area contributed by atoms with Crippen molar-refractivity contribution in [1.29, 1.82) is 0 Å². The van der Waals surface area contributed by atoms with Crippen LogP contribution >= 0.6 is 0 Å². The Balaban J connectivity index is 2.17. The maximum Gasteiger partial charge on any atom is 0.495 e. The van der Waals surface area contributed by atoms with E-state index in [1.165, 1.54) is 0 Å². The number of alkyl halides is 6. The second-order valence-corrected chi connectivity index (χ2v) is 8.91. The summed E-state index contributed by atoms with van der Waals surface area (Å²) in [5.74, 6) is 0. The van der Waals surface area contributed by atoms with E-state index in [4.69, 9.17) is 29.2 Å². The van der Waals surface area contributed by atoms with E-state index in [2.05, 4.69) is 18.9 Å². The predicted molar refractivity (Wildman–Crippen MR) is 121 cm³/mol. The van der Waals surface area contributed by atoms with E-state index in [9.17, 15) is 41.7 Å². The van der Waals surface area contributed by atoms with Gasteiger partial charge in [-0.15, -0.1) is 8.78 Å². The molecular formula is C22H38F6O13. The fourth-order valence-electron chi connectivity index (χ4n) is 2.71. The summed E-state index contributed by atoms with van der Waals surface area (Å²) < 4.78 is 116. The molecule has 246 valence electrons. The molecule has 41 heavy (non-hydrogen) atoms. The van der Waals surface area contributed by atoms with Crippen LogP contribution < -0.4 is 0 Å². The van der Waals surface area contributed by atoms with Gasteiger partial charge < -0.3 is 54.0 Å². The maximum atomic E-state index is 13.6. The third-order valence-corrected chi connectivity index (χ3v) is 4.65. The second-order valence-electron chi connectivity index (χ2n) is 8.91. The summed E-state index contributed by atoms with van der Waals surface area (Å²) in [7, 11) is 0. The van der Waals surface area contributed by atoms with Gasteiger partial charge in [0.1, 0.15) is 31.5 Å². The Morgan fingerprint density at radius 1 is 0.634 bits per heavy atom. The minimum Gasteiger partial charge on any atom is -0.396 e. The van der Waals surface area contributed by atoms with Crippen LogP contribution in [0.25, 0.3) is 0 Å². The Morgan fingerprint density at radius 3 is 1.61 bits per heavy atom. The lowest BCUT2D eigenvalue weighted by atomic mass is 10.4. The Bertz CT molecular complexity index is 682. The van der Waals surface area contributed by atoms with Gasteiger partial charge in [0.15, 0.2) is 0 Å². The summed E-state index contributed by atoms with van der Waals surface area (Å²) in [6.45, 7) is -6.55. The normalized spacial score (nSPS) is 20.3. The van der Waals surface area contributed by atoms with Crippen LogP contribution in [0.5, 0.6) is 0 Å². The fraction of sp³-hybridized carbons (Fsp3) is 1.00. The van der Waals surface area contributed by atoms with Gasteiger partial charge in [-0.25, -0.2) is 9.47 Å². The Hall–Kier alpha value is -0.940. The largest absolute Gasteiger partial charge is 0.495 e. The predicted octanol–water partition coefficient (Wildman–Crippen LogP) is -0.547. The molecule has 0 spiro atoms. The smallest absolute Gasteiger partial charge is 0.396 e.